The zero-order chi connectivity index (χ0) is 20.8. The fourth-order valence-corrected chi connectivity index (χ4v) is 3.30. The Morgan fingerprint density at radius 3 is 2.90 bits per heavy atom. The molecule has 0 aliphatic carbocycles. The van der Waals surface area contributed by atoms with Crippen LogP contribution in [0.15, 0.2) is 35.8 Å². The number of aromatic nitrogens is 3. The minimum atomic E-state index is -0.429. The van der Waals surface area contributed by atoms with Crippen LogP contribution in [0, 0.1) is 0 Å². The third kappa shape index (κ3) is 5.69. The van der Waals surface area contributed by atoms with Gasteiger partial charge in [0.25, 0.3) is 5.91 Å². The summed E-state index contributed by atoms with van der Waals surface area (Å²) in [5.74, 6) is -0.381. The number of rotatable bonds is 8. The molecular weight excluding hydrogens is 439 g/mol. The lowest BCUT2D eigenvalue weighted by atomic mass is 10.3. The lowest BCUT2D eigenvalue weighted by Gasteiger charge is -2.08. The topological polar surface area (TPSA) is 95.3 Å². The van der Waals surface area contributed by atoms with Crippen molar-refractivity contribution in [3.8, 4) is 5.75 Å². The maximum absolute atomic E-state index is 12.3. The van der Waals surface area contributed by atoms with Gasteiger partial charge in [0.2, 0.25) is 0 Å². The van der Waals surface area contributed by atoms with Gasteiger partial charge < -0.3 is 9.47 Å². The van der Waals surface area contributed by atoms with Crippen LogP contribution in [0.5, 0.6) is 5.75 Å². The van der Waals surface area contributed by atoms with Crippen LogP contribution in [-0.2, 0) is 22.7 Å². The van der Waals surface area contributed by atoms with Crippen molar-refractivity contribution in [3.63, 3.8) is 0 Å². The number of hydrogen-bond donors (Lipinski definition) is 1. The highest BCUT2D eigenvalue weighted by atomic mass is 35.5. The number of carbonyl (C=O) groups is 2. The van der Waals surface area contributed by atoms with Gasteiger partial charge in [-0.2, -0.15) is 5.10 Å². The van der Waals surface area contributed by atoms with Gasteiger partial charge in [0.15, 0.2) is 17.6 Å². The molecule has 1 amide bonds. The van der Waals surface area contributed by atoms with Crippen molar-refractivity contribution >= 4 is 51.5 Å². The van der Waals surface area contributed by atoms with E-state index in [1.807, 2.05) is 0 Å². The summed E-state index contributed by atoms with van der Waals surface area (Å²) in [6.45, 7) is 2.09. The van der Waals surface area contributed by atoms with Crippen LogP contribution in [0.25, 0.3) is 0 Å². The number of anilines is 1. The zero-order valence-corrected chi connectivity index (χ0v) is 17.6. The predicted molar refractivity (Wildman–Crippen MR) is 110 cm³/mol. The average Bonchev–Trinajstić information content (AvgIpc) is 3.33. The Morgan fingerprint density at radius 1 is 1.28 bits per heavy atom. The second-order valence-electron chi connectivity index (χ2n) is 5.65. The summed E-state index contributed by atoms with van der Waals surface area (Å²) in [6, 6.07) is 6.60. The highest BCUT2D eigenvalue weighted by Crippen LogP contribution is 2.31. The molecule has 0 spiro atoms. The fraction of sp³-hybridized carbons (Fsp3) is 0.222. The van der Waals surface area contributed by atoms with Gasteiger partial charge in [0.1, 0.15) is 10.8 Å². The van der Waals surface area contributed by atoms with E-state index in [1.54, 1.807) is 42.8 Å². The Bertz CT molecular complexity index is 1020. The summed E-state index contributed by atoms with van der Waals surface area (Å²) >= 11 is 13.2. The molecule has 0 fully saturated rings. The monoisotopic (exact) mass is 454 g/mol. The third-order valence-electron chi connectivity index (χ3n) is 3.54. The molecule has 0 aliphatic rings. The molecule has 3 aromatic rings. The first kappa shape index (κ1) is 21.1. The molecule has 1 N–H and O–H groups in total. The molecule has 2 aromatic heterocycles. The molecule has 0 radical (unpaired) electrons. The van der Waals surface area contributed by atoms with Gasteiger partial charge in [-0.3, -0.25) is 14.9 Å². The molecule has 3 rings (SSSR count). The number of nitrogens with zero attached hydrogens (tertiary/aromatic N) is 3. The number of amides is 1. The second-order valence-corrected chi connectivity index (χ2v) is 7.29. The van der Waals surface area contributed by atoms with Crippen molar-refractivity contribution in [2.45, 2.75) is 20.1 Å². The van der Waals surface area contributed by atoms with E-state index in [4.69, 9.17) is 32.7 Å². The molecule has 0 atom stereocenters. The van der Waals surface area contributed by atoms with Crippen molar-refractivity contribution in [1.82, 2.24) is 14.8 Å². The third-order valence-corrected chi connectivity index (χ3v) is 5.15. The van der Waals surface area contributed by atoms with E-state index in [0.717, 1.165) is 0 Å². The van der Waals surface area contributed by atoms with Gasteiger partial charge in [0, 0.05) is 11.6 Å². The van der Waals surface area contributed by atoms with Gasteiger partial charge in [0.05, 0.1) is 23.7 Å². The first-order chi connectivity index (χ1) is 14.0. The number of carbonyl (C=O) groups excluding carboxylic acids is 2. The summed E-state index contributed by atoms with van der Waals surface area (Å²) in [5.41, 5.74) is 0.717. The van der Waals surface area contributed by atoms with Crippen LogP contribution in [0.4, 0.5) is 5.13 Å². The Morgan fingerprint density at radius 2 is 2.10 bits per heavy atom. The van der Waals surface area contributed by atoms with Gasteiger partial charge in [-0.05, 0) is 25.1 Å². The van der Waals surface area contributed by atoms with E-state index in [2.05, 4.69) is 15.4 Å². The molecule has 2 heterocycles. The highest BCUT2D eigenvalue weighted by Gasteiger charge is 2.14. The number of thiazole rings is 1. The van der Waals surface area contributed by atoms with Crippen molar-refractivity contribution in [2.75, 3.05) is 11.9 Å². The molecule has 29 heavy (non-hydrogen) atoms. The number of benzene rings is 1. The molecule has 1 aromatic carbocycles. The number of hydrogen-bond acceptors (Lipinski definition) is 7. The fourth-order valence-electron chi connectivity index (χ4n) is 2.25. The largest absolute Gasteiger partial charge is 0.470 e. The summed E-state index contributed by atoms with van der Waals surface area (Å²) in [4.78, 5) is 28.0. The standard InChI is InChI=1S/C18H16Cl2N4O4S/c1-2-27-15(25)8-11-9-29-18(21-11)22-17(26)13-6-7-24(23-13)10-28-14-5-3-4-12(19)16(14)20/h3-7,9H,2,8,10H2,1H3,(H,21,22,26). The predicted octanol–water partition coefficient (Wildman–Crippen LogP) is 4.04. The van der Waals surface area contributed by atoms with Gasteiger partial charge in [-0.25, -0.2) is 9.67 Å². The van der Waals surface area contributed by atoms with E-state index in [-0.39, 0.29) is 24.8 Å². The summed E-state index contributed by atoms with van der Waals surface area (Å²) in [6.07, 6.45) is 1.65. The Hall–Kier alpha value is -2.62. The molecule has 0 saturated carbocycles. The number of esters is 1. The maximum Gasteiger partial charge on any atom is 0.311 e. The summed E-state index contributed by atoms with van der Waals surface area (Å²) in [5, 5.41) is 9.55. The first-order valence-corrected chi connectivity index (χ1v) is 10.1. The minimum absolute atomic E-state index is 0.0499. The summed E-state index contributed by atoms with van der Waals surface area (Å²) < 4.78 is 11.9. The molecule has 0 aliphatic heterocycles. The number of nitrogens with one attached hydrogen (secondary N) is 1. The normalized spacial score (nSPS) is 10.6. The van der Waals surface area contributed by atoms with Gasteiger partial charge in [-0.1, -0.05) is 29.3 Å². The van der Waals surface area contributed by atoms with E-state index in [1.165, 1.54) is 16.0 Å². The zero-order valence-electron chi connectivity index (χ0n) is 15.2. The Balaban J connectivity index is 1.56. The Labute approximate surface area is 180 Å². The van der Waals surface area contributed by atoms with Crippen LogP contribution in [0.3, 0.4) is 0 Å². The SMILES string of the molecule is CCOC(=O)Cc1csc(NC(=O)c2ccn(COc3cccc(Cl)c3Cl)n2)n1. The second kappa shape index (κ2) is 9.73. The van der Waals surface area contributed by atoms with Gasteiger partial charge in [-0.15, -0.1) is 11.3 Å². The first-order valence-electron chi connectivity index (χ1n) is 8.48. The van der Waals surface area contributed by atoms with E-state index in [9.17, 15) is 9.59 Å². The number of ether oxygens (including phenoxy) is 2. The number of halogens is 2. The lowest BCUT2D eigenvalue weighted by Crippen LogP contribution is -2.14. The van der Waals surface area contributed by atoms with E-state index in [0.29, 0.717) is 33.2 Å². The smallest absolute Gasteiger partial charge is 0.311 e. The Kier molecular flexibility index (Phi) is 7.08. The van der Waals surface area contributed by atoms with E-state index < -0.39 is 5.91 Å². The van der Waals surface area contributed by atoms with Crippen LogP contribution in [-0.4, -0.2) is 33.2 Å². The highest BCUT2D eigenvalue weighted by molar-refractivity contribution is 7.14. The van der Waals surface area contributed by atoms with Crippen LogP contribution >= 0.6 is 34.5 Å². The molecule has 0 bridgehead atoms. The molecular formula is C18H16Cl2N4O4S. The average molecular weight is 455 g/mol. The van der Waals surface area contributed by atoms with E-state index >= 15 is 0 Å². The maximum atomic E-state index is 12.3. The van der Waals surface area contributed by atoms with Crippen LogP contribution in [0.1, 0.15) is 23.1 Å². The van der Waals surface area contributed by atoms with Crippen molar-refractivity contribution in [1.29, 1.82) is 0 Å². The molecule has 0 saturated heterocycles. The molecule has 152 valence electrons. The molecule has 11 heteroatoms. The van der Waals surface area contributed by atoms with Crippen LogP contribution < -0.4 is 10.1 Å². The molecule has 0 unspecified atom stereocenters. The molecule has 8 nitrogen and oxygen atoms in total. The van der Waals surface area contributed by atoms with Crippen molar-refractivity contribution < 1.29 is 19.1 Å². The van der Waals surface area contributed by atoms with Gasteiger partial charge >= 0.3 is 5.97 Å². The lowest BCUT2D eigenvalue weighted by molar-refractivity contribution is -0.142. The van der Waals surface area contributed by atoms with Crippen molar-refractivity contribution in [3.05, 3.63) is 57.3 Å². The van der Waals surface area contributed by atoms with Crippen molar-refractivity contribution in [2.24, 2.45) is 0 Å². The quantitative estimate of drug-likeness (QED) is 0.515. The minimum Gasteiger partial charge on any atom is -0.470 e. The summed E-state index contributed by atoms with van der Waals surface area (Å²) in [7, 11) is 0. The van der Waals surface area contributed by atoms with Crippen LogP contribution in [0.2, 0.25) is 10.0 Å².